The molecule has 1 nitrogen and oxygen atoms in total. The Morgan fingerprint density at radius 1 is 1.15 bits per heavy atom. The maximum Gasteiger partial charge on any atom is 0.129 e. The first-order valence-corrected chi connectivity index (χ1v) is 7.99. The molecule has 0 amide bonds. The predicted molar refractivity (Wildman–Crippen MR) is 88.0 cm³/mol. The van der Waals surface area contributed by atoms with Crippen LogP contribution in [-0.2, 0) is 0 Å². The zero-order valence-electron chi connectivity index (χ0n) is 10.9. The summed E-state index contributed by atoms with van der Waals surface area (Å²) in [6, 6.07) is 13.4. The highest BCUT2D eigenvalue weighted by molar-refractivity contribution is 9.10. The Labute approximate surface area is 129 Å². The van der Waals surface area contributed by atoms with E-state index in [0.29, 0.717) is 5.56 Å². The second kappa shape index (κ2) is 5.54. The zero-order chi connectivity index (χ0) is 14.1. The third kappa shape index (κ3) is 2.72. The molecule has 1 atom stereocenters. The van der Waals surface area contributed by atoms with Gasteiger partial charge in [-0.3, -0.25) is 0 Å². The van der Waals surface area contributed by atoms with Gasteiger partial charge in [-0.05, 0) is 54.1 Å². The summed E-state index contributed by atoms with van der Waals surface area (Å²) in [5, 5.41) is 6.64. The summed E-state index contributed by atoms with van der Waals surface area (Å²) in [5.74, 6) is -0.198. The quantitative estimate of drug-likeness (QED) is 0.613. The molecule has 102 valence electrons. The Morgan fingerprint density at radius 2 is 2.00 bits per heavy atom. The average molecular weight is 350 g/mol. The number of anilines is 1. The van der Waals surface area contributed by atoms with Gasteiger partial charge < -0.3 is 5.32 Å². The number of fused-ring (bicyclic) bond motifs is 1. The highest BCUT2D eigenvalue weighted by Gasteiger charge is 2.11. The van der Waals surface area contributed by atoms with Gasteiger partial charge in [-0.15, -0.1) is 11.3 Å². The molecule has 0 fully saturated rings. The Morgan fingerprint density at radius 3 is 2.80 bits per heavy atom. The van der Waals surface area contributed by atoms with Gasteiger partial charge in [0.2, 0.25) is 0 Å². The summed E-state index contributed by atoms with van der Waals surface area (Å²) in [5.41, 5.74) is 1.67. The Balaban J connectivity index is 1.85. The van der Waals surface area contributed by atoms with Crippen molar-refractivity contribution in [2.24, 2.45) is 0 Å². The Bertz CT molecular complexity index is 753. The van der Waals surface area contributed by atoms with Crippen LogP contribution in [-0.4, -0.2) is 0 Å². The molecule has 1 N–H and O–H groups in total. The minimum absolute atomic E-state index is 0.0841. The van der Waals surface area contributed by atoms with Crippen molar-refractivity contribution in [3.63, 3.8) is 0 Å². The van der Waals surface area contributed by atoms with Crippen molar-refractivity contribution in [3.8, 4) is 0 Å². The molecule has 3 aromatic rings. The smallest absolute Gasteiger partial charge is 0.129 e. The average Bonchev–Trinajstić information content (AvgIpc) is 2.85. The van der Waals surface area contributed by atoms with Gasteiger partial charge in [0.15, 0.2) is 0 Å². The maximum atomic E-state index is 13.9. The Hall–Kier alpha value is -1.39. The third-order valence-corrected chi connectivity index (χ3v) is 4.66. The van der Waals surface area contributed by atoms with E-state index in [2.05, 4.69) is 44.8 Å². The zero-order valence-corrected chi connectivity index (χ0v) is 13.3. The standard InChI is InChI=1S/C16H13BrFNS/c1-10(14-4-2-12(17)9-15(14)18)19-13-3-5-16-11(8-13)6-7-20-16/h2-10,19H,1H3. The molecule has 3 rings (SSSR count). The minimum Gasteiger partial charge on any atom is -0.378 e. The van der Waals surface area contributed by atoms with E-state index >= 15 is 0 Å². The number of halogens is 2. The first-order valence-electron chi connectivity index (χ1n) is 6.32. The molecule has 0 spiro atoms. The molecule has 1 heterocycles. The molecule has 0 saturated heterocycles. The van der Waals surface area contributed by atoms with E-state index in [1.54, 1.807) is 17.4 Å². The van der Waals surface area contributed by atoms with E-state index in [4.69, 9.17) is 0 Å². The van der Waals surface area contributed by atoms with Crippen molar-refractivity contribution in [2.75, 3.05) is 5.32 Å². The summed E-state index contributed by atoms with van der Waals surface area (Å²) in [7, 11) is 0. The van der Waals surface area contributed by atoms with Crippen LogP contribution in [0.15, 0.2) is 52.3 Å². The van der Waals surface area contributed by atoms with Gasteiger partial charge in [0.1, 0.15) is 5.82 Å². The van der Waals surface area contributed by atoms with E-state index in [1.807, 2.05) is 19.1 Å². The molecule has 2 aromatic carbocycles. The van der Waals surface area contributed by atoms with Crippen LogP contribution >= 0.6 is 27.3 Å². The number of thiophene rings is 1. The van der Waals surface area contributed by atoms with Gasteiger partial charge in [-0.25, -0.2) is 4.39 Å². The second-order valence-electron chi connectivity index (χ2n) is 4.71. The minimum atomic E-state index is -0.198. The summed E-state index contributed by atoms with van der Waals surface area (Å²) >= 11 is 5.00. The maximum absolute atomic E-state index is 13.9. The van der Waals surface area contributed by atoms with Crippen LogP contribution in [0, 0.1) is 5.82 Å². The summed E-state index contributed by atoms with van der Waals surface area (Å²) in [6.07, 6.45) is 0. The van der Waals surface area contributed by atoms with Crippen LogP contribution in [0.2, 0.25) is 0 Å². The fourth-order valence-corrected chi connectivity index (χ4v) is 3.34. The van der Waals surface area contributed by atoms with Crippen molar-refractivity contribution in [2.45, 2.75) is 13.0 Å². The normalized spacial score (nSPS) is 12.6. The first-order chi connectivity index (χ1) is 9.63. The van der Waals surface area contributed by atoms with Gasteiger partial charge in [0.05, 0.1) is 6.04 Å². The lowest BCUT2D eigenvalue weighted by molar-refractivity contribution is 0.599. The van der Waals surface area contributed by atoms with E-state index in [1.165, 1.54) is 16.2 Å². The van der Waals surface area contributed by atoms with Gasteiger partial charge in [-0.2, -0.15) is 0 Å². The SMILES string of the molecule is CC(Nc1ccc2sccc2c1)c1ccc(Br)cc1F. The van der Waals surface area contributed by atoms with E-state index in [-0.39, 0.29) is 11.9 Å². The number of nitrogens with one attached hydrogen (secondary N) is 1. The molecule has 0 aliphatic rings. The second-order valence-corrected chi connectivity index (χ2v) is 6.57. The number of benzene rings is 2. The lowest BCUT2D eigenvalue weighted by Gasteiger charge is -2.16. The van der Waals surface area contributed by atoms with Gasteiger partial charge in [-0.1, -0.05) is 22.0 Å². The number of rotatable bonds is 3. The van der Waals surface area contributed by atoms with Crippen molar-refractivity contribution < 1.29 is 4.39 Å². The summed E-state index contributed by atoms with van der Waals surface area (Å²) in [4.78, 5) is 0. The number of hydrogen-bond acceptors (Lipinski definition) is 2. The molecular formula is C16H13BrFNS. The van der Waals surface area contributed by atoms with Crippen LogP contribution < -0.4 is 5.32 Å². The predicted octanol–water partition coefficient (Wildman–Crippen LogP) is 5.98. The van der Waals surface area contributed by atoms with Crippen molar-refractivity contribution in [3.05, 3.63) is 63.7 Å². The van der Waals surface area contributed by atoms with Crippen molar-refractivity contribution in [1.82, 2.24) is 0 Å². The molecule has 0 radical (unpaired) electrons. The molecular weight excluding hydrogens is 337 g/mol. The number of hydrogen-bond donors (Lipinski definition) is 1. The molecule has 20 heavy (non-hydrogen) atoms. The lowest BCUT2D eigenvalue weighted by Crippen LogP contribution is -2.08. The van der Waals surface area contributed by atoms with Gasteiger partial charge >= 0.3 is 0 Å². The van der Waals surface area contributed by atoms with E-state index in [9.17, 15) is 4.39 Å². The third-order valence-electron chi connectivity index (χ3n) is 3.26. The van der Waals surface area contributed by atoms with Crippen LogP contribution in [0.3, 0.4) is 0 Å². The van der Waals surface area contributed by atoms with Gasteiger partial charge in [0, 0.05) is 20.4 Å². The van der Waals surface area contributed by atoms with E-state index < -0.39 is 0 Å². The molecule has 1 unspecified atom stereocenters. The fraction of sp³-hybridized carbons (Fsp3) is 0.125. The van der Waals surface area contributed by atoms with Crippen molar-refractivity contribution in [1.29, 1.82) is 0 Å². The monoisotopic (exact) mass is 349 g/mol. The van der Waals surface area contributed by atoms with Crippen LogP contribution in [0.1, 0.15) is 18.5 Å². The summed E-state index contributed by atoms with van der Waals surface area (Å²) in [6.45, 7) is 1.96. The van der Waals surface area contributed by atoms with Gasteiger partial charge in [0.25, 0.3) is 0 Å². The highest BCUT2D eigenvalue weighted by Crippen LogP contribution is 2.28. The van der Waals surface area contributed by atoms with E-state index in [0.717, 1.165) is 10.2 Å². The Kier molecular flexibility index (Phi) is 3.76. The topological polar surface area (TPSA) is 12.0 Å². The highest BCUT2D eigenvalue weighted by atomic mass is 79.9. The van der Waals surface area contributed by atoms with Crippen LogP contribution in [0.25, 0.3) is 10.1 Å². The van der Waals surface area contributed by atoms with Crippen molar-refractivity contribution >= 4 is 43.0 Å². The van der Waals surface area contributed by atoms with Crippen LogP contribution in [0.5, 0.6) is 0 Å². The molecule has 4 heteroatoms. The fourth-order valence-electron chi connectivity index (χ4n) is 2.24. The molecule has 1 aromatic heterocycles. The molecule has 0 saturated carbocycles. The largest absolute Gasteiger partial charge is 0.378 e. The molecule has 0 aliphatic carbocycles. The summed E-state index contributed by atoms with van der Waals surface area (Å²) < 4.78 is 16.0. The van der Waals surface area contributed by atoms with Crippen LogP contribution in [0.4, 0.5) is 10.1 Å². The molecule has 0 bridgehead atoms. The molecule has 0 aliphatic heterocycles. The first kappa shape index (κ1) is 13.6. The lowest BCUT2D eigenvalue weighted by atomic mass is 10.1.